The average Bonchev–Trinajstić information content (AvgIpc) is 3.41. The van der Waals surface area contributed by atoms with Crippen LogP contribution < -0.4 is 0 Å². The molecule has 0 N–H and O–H groups in total. The number of aromatic nitrogens is 2. The second-order valence-corrected chi connectivity index (χ2v) is 8.92. The molecule has 148 valence electrons. The van der Waals surface area contributed by atoms with Crippen molar-refractivity contribution < 1.29 is 14.0 Å². The third-order valence-electron chi connectivity index (χ3n) is 5.22. The van der Waals surface area contributed by atoms with E-state index in [4.69, 9.17) is 0 Å². The average molecular weight is 429 g/mol. The van der Waals surface area contributed by atoms with E-state index in [0.29, 0.717) is 42.2 Å². The lowest BCUT2D eigenvalue weighted by Gasteiger charge is -2.34. The highest BCUT2D eigenvalue weighted by molar-refractivity contribution is 7.21. The largest absolute Gasteiger partial charge is 0.335 e. The molecule has 4 heterocycles. The van der Waals surface area contributed by atoms with Crippen LogP contribution in [0.3, 0.4) is 0 Å². The summed E-state index contributed by atoms with van der Waals surface area (Å²) in [5, 5.41) is 1.97. The van der Waals surface area contributed by atoms with Gasteiger partial charge in [-0.05, 0) is 30.7 Å². The molecule has 9 heteroatoms. The van der Waals surface area contributed by atoms with Crippen molar-refractivity contribution in [1.29, 1.82) is 0 Å². The van der Waals surface area contributed by atoms with Crippen LogP contribution >= 0.6 is 22.7 Å². The zero-order chi connectivity index (χ0) is 20.1. The molecule has 1 aliphatic heterocycles. The summed E-state index contributed by atoms with van der Waals surface area (Å²) in [6, 6.07) is 6.43. The van der Waals surface area contributed by atoms with Crippen molar-refractivity contribution in [2.75, 3.05) is 26.2 Å². The molecule has 29 heavy (non-hydrogen) atoms. The van der Waals surface area contributed by atoms with Crippen LogP contribution in [0.25, 0.3) is 15.3 Å². The molecule has 0 aliphatic carbocycles. The summed E-state index contributed by atoms with van der Waals surface area (Å²) in [6.07, 6.45) is 1.95. The second kappa shape index (κ2) is 6.93. The summed E-state index contributed by atoms with van der Waals surface area (Å²) in [6.45, 7) is 3.43. The van der Waals surface area contributed by atoms with Crippen molar-refractivity contribution in [3.8, 4) is 0 Å². The SMILES string of the molecule is Cc1ccc(C(=O)N2CCN(C(=O)c3cc4c(nc5sccn54)s3)CC2)cc1F. The number of benzene rings is 1. The van der Waals surface area contributed by atoms with Crippen LogP contribution in [-0.2, 0) is 0 Å². The summed E-state index contributed by atoms with van der Waals surface area (Å²) >= 11 is 2.96. The number of thiophene rings is 1. The van der Waals surface area contributed by atoms with Crippen molar-refractivity contribution >= 4 is 49.8 Å². The topological polar surface area (TPSA) is 57.9 Å². The first kappa shape index (κ1) is 18.3. The summed E-state index contributed by atoms with van der Waals surface area (Å²) in [7, 11) is 0. The number of carbonyl (C=O) groups excluding carboxylic acids is 2. The molecule has 6 nitrogen and oxygen atoms in total. The third kappa shape index (κ3) is 3.10. The molecule has 0 unspecified atom stereocenters. The van der Waals surface area contributed by atoms with Crippen LogP contribution in [0, 0.1) is 12.7 Å². The Morgan fingerprint density at radius 3 is 2.52 bits per heavy atom. The second-order valence-electron chi connectivity index (χ2n) is 7.02. The van der Waals surface area contributed by atoms with Crippen LogP contribution in [0.4, 0.5) is 4.39 Å². The van der Waals surface area contributed by atoms with Crippen molar-refractivity contribution in [3.05, 3.63) is 57.7 Å². The smallest absolute Gasteiger partial charge is 0.264 e. The molecule has 1 aromatic carbocycles. The van der Waals surface area contributed by atoms with E-state index in [2.05, 4.69) is 4.98 Å². The molecule has 1 saturated heterocycles. The summed E-state index contributed by atoms with van der Waals surface area (Å²) in [5.41, 5.74) is 1.80. The molecule has 0 spiro atoms. The van der Waals surface area contributed by atoms with Gasteiger partial charge in [-0.15, -0.1) is 22.7 Å². The van der Waals surface area contributed by atoms with E-state index in [1.54, 1.807) is 40.2 Å². The summed E-state index contributed by atoms with van der Waals surface area (Å²) < 4.78 is 15.8. The molecule has 5 rings (SSSR count). The van der Waals surface area contributed by atoms with Crippen molar-refractivity contribution in [2.24, 2.45) is 0 Å². The number of aryl methyl sites for hydroxylation is 1. The Morgan fingerprint density at radius 2 is 1.79 bits per heavy atom. The van der Waals surface area contributed by atoms with E-state index in [-0.39, 0.29) is 17.6 Å². The third-order valence-corrected chi connectivity index (χ3v) is 6.99. The number of carbonyl (C=O) groups is 2. The van der Waals surface area contributed by atoms with Gasteiger partial charge in [-0.3, -0.25) is 14.0 Å². The van der Waals surface area contributed by atoms with Gasteiger partial charge in [0.05, 0.1) is 10.4 Å². The number of hydrogen-bond acceptors (Lipinski definition) is 5. The normalized spacial score (nSPS) is 14.8. The van der Waals surface area contributed by atoms with Gasteiger partial charge in [-0.1, -0.05) is 6.07 Å². The van der Waals surface area contributed by atoms with E-state index in [1.165, 1.54) is 17.4 Å². The van der Waals surface area contributed by atoms with E-state index in [1.807, 2.05) is 22.0 Å². The van der Waals surface area contributed by atoms with E-state index in [0.717, 1.165) is 15.3 Å². The molecule has 1 aliphatic rings. The van der Waals surface area contributed by atoms with Crippen LogP contribution in [-0.4, -0.2) is 57.2 Å². The molecular weight excluding hydrogens is 411 g/mol. The van der Waals surface area contributed by atoms with Crippen molar-refractivity contribution in [2.45, 2.75) is 6.92 Å². The van der Waals surface area contributed by atoms with E-state index < -0.39 is 0 Å². The summed E-state index contributed by atoms with van der Waals surface area (Å²) in [4.78, 5) is 36.0. The highest BCUT2D eigenvalue weighted by Crippen LogP contribution is 2.29. The maximum Gasteiger partial charge on any atom is 0.264 e. The molecule has 1 fully saturated rings. The number of hydrogen-bond donors (Lipinski definition) is 0. The zero-order valence-corrected chi connectivity index (χ0v) is 17.2. The van der Waals surface area contributed by atoms with Gasteiger partial charge in [-0.25, -0.2) is 9.37 Å². The Morgan fingerprint density at radius 1 is 1.07 bits per heavy atom. The van der Waals surface area contributed by atoms with Crippen LogP contribution in [0.5, 0.6) is 0 Å². The van der Waals surface area contributed by atoms with Crippen LogP contribution in [0.1, 0.15) is 25.6 Å². The van der Waals surface area contributed by atoms with Gasteiger partial charge in [0.1, 0.15) is 10.6 Å². The number of fused-ring (bicyclic) bond motifs is 3. The minimum absolute atomic E-state index is 0.0366. The molecule has 2 amide bonds. The van der Waals surface area contributed by atoms with Gasteiger partial charge in [0, 0.05) is 43.3 Å². The van der Waals surface area contributed by atoms with Gasteiger partial charge in [0.2, 0.25) is 0 Å². The van der Waals surface area contributed by atoms with E-state index >= 15 is 0 Å². The lowest BCUT2D eigenvalue weighted by Crippen LogP contribution is -2.50. The fourth-order valence-electron chi connectivity index (χ4n) is 3.53. The first-order valence-electron chi connectivity index (χ1n) is 9.21. The van der Waals surface area contributed by atoms with Gasteiger partial charge in [0.25, 0.3) is 11.8 Å². The number of rotatable bonds is 2. The maximum absolute atomic E-state index is 13.8. The molecule has 0 atom stereocenters. The Bertz CT molecular complexity index is 1250. The molecular formula is C20H17FN4O2S2. The Labute approximate surface area is 173 Å². The predicted octanol–water partition coefficient (Wildman–Crippen LogP) is 3.66. The molecule has 3 aromatic heterocycles. The fraction of sp³-hybridized carbons (Fsp3) is 0.250. The zero-order valence-electron chi connectivity index (χ0n) is 15.6. The minimum Gasteiger partial charge on any atom is -0.335 e. The number of nitrogens with zero attached hydrogens (tertiary/aromatic N) is 4. The number of thiazole rings is 1. The number of imidazole rings is 1. The standard InChI is InChI=1S/C20H17FN4O2S2/c1-12-2-3-13(10-14(12)21)18(26)23-4-6-24(7-5-23)19(27)16-11-15-17(29-16)22-20-25(15)8-9-28-20/h2-3,8-11H,4-7H2,1H3. The Kier molecular flexibility index (Phi) is 4.36. The molecule has 0 saturated carbocycles. The Balaban J connectivity index is 1.28. The number of piperazine rings is 1. The molecule has 4 aromatic rings. The first-order valence-corrected chi connectivity index (χ1v) is 10.9. The van der Waals surface area contributed by atoms with Gasteiger partial charge >= 0.3 is 0 Å². The maximum atomic E-state index is 13.8. The summed E-state index contributed by atoms with van der Waals surface area (Å²) in [5.74, 6) is -0.621. The van der Waals surface area contributed by atoms with Crippen LogP contribution in [0.2, 0.25) is 0 Å². The van der Waals surface area contributed by atoms with Gasteiger partial charge < -0.3 is 9.80 Å². The highest BCUT2D eigenvalue weighted by atomic mass is 32.1. The van der Waals surface area contributed by atoms with Gasteiger partial charge in [0.15, 0.2) is 4.96 Å². The minimum atomic E-state index is -0.382. The van der Waals surface area contributed by atoms with Crippen LogP contribution in [0.15, 0.2) is 35.8 Å². The monoisotopic (exact) mass is 428 g/mol. The molecule has 0 bridgehead atoms. The predicted molar refractivity (Wildman–Crippen MR) is 111 cm³/mol. The quantitative estimate of drug-likeness (QED) is 0.490. The highest BCUT2D eigenvalue weighted by Gasteiger charge is 2.27. The Hall–Kier alpha value is -2.78. The first-order chi connectivity index (χ1) is 14.0. The lowest BCUT2D eigenvalue weighted by molar-refractivity contribution is 0.0538. The number of halogens is 1. The van der Waals surface area contributed by atoms with Crippen molar-refractivity contribution in [3.63, 3.8) is 0 Å². The molecule has 0 radical (unpaired) electrons. The van der Waals surface area contributed by atoms with E-state index in [9.17, 15) is 14.0 Å². The fourth-order valence-corrected chi connectivity index (χ4v) is 5.30. The van der Waals surface area contributed by atoms with Crippen molar-refractivity contribution in [1.82, 2.24) is 19.2 Å². The lowest BCUT2D eigenvalue weighted by atomic mass is 10.1. The number of amides is 2. The van der Waals surface area contributed by atoms with Gasteiger partial charge in [-0.2, -0.15) is 0 Å².